The average Bonchev–Trinajstić information content (AvgIpc) is 2.23. The van der Waals surface area contributed by atoms with E-state index in [1.165, 1.54) is 25.8 Å². The van der Waals surface area contributed by atoms with Crippen LogP contribution in [0.1, 0.15) is 33.1 Å². The minimum Gasteiger partial charge on any atom is -0.383 e. The first kappa shape index (κ1) is 14.9. The molecule has 0 radical (unpaired) electrons. The molecule has 0 aromatic rings. The molecule has 1 N–H and O–H groups in total. The fourth-order valence-electron chi connectivity index (χ4n) is 1.54. The highest BCUT2D eigenvalue weighted by Crippen LogP contribution is 2.03. The van der Waals surface area contributed by atoms with E-state index in [9.17, 15) is 0 Å². The van der Waals surface area contributed by atoms with Crippen LogP contribution in [0.5, 0.6) is 0 Å². The van der Waals surface area contributed by atoms with Crippen LogP contribution in [0.4, 0.5) is 0 Å². The zero-order valence-electron chi connectivity index (χ0n) is 11.0. The molecular formula is C12H28N2O. The van der Waals surface area contributed by atoms with E-state index in [1.807, 2.05) is 7.05 Å². The van der Waals surface area contributed by atoms with Gasteiger partial charge in [0.25, 0.3) is 0 Å². The van der Waals surface area contributed by atoms with Crippen LogP contribution in [0.2, 0.25) is 0 Å². The molecule has 3 nitrogen and oxygen atoms in total. The van der Waals surface area contributed by atoms with Crippen LogP contribution in [0.15, 0.2) is 0 Å². The molecule has 0 bridgehead atoms. The van der Waals surface area contributed by atoms with E-state index < -0.39 is 0 Å². The predicted molar refractivity (Wildman–Crippen MR) is 66.3 cm³/mol. The standard InChI is InChI=1S/C12H28N2O/c1-11(13-3)8-6-7-9-14(4)12(2)10-15-5/h11-13H,6-10H2,1-5H3. The summed E-state index contributed by atoms with van der Waals surface area (Å²) in [5.41, 5.74) is 0. The van der Waals surface area contributed by atoms with Crippen LogP contribution in [-0.4, -0.2) is 51.3 Å². The lowest BCUT2D eigenvalue weighted by atomic mass is 10.1. The summed E-state index contributed by atoms with van der Waals surface area (Å²) in [5.74, 6) is 0. The SMILES string of the molecule is CNC(C)CCCCN(C)C(C)COC. The molecule has 0 aliphatic rings. The number of rotatable bonds is 9. The molecule has 2 atom stereocenters. The van der Waals surface area contributed by atoms with Gasteiger partial charge in [-0.15, -0.1) is 0 Å². The van der Waals surface area contributed by atoms with Gasteiger partial charge in [0.05, 0.1) is 6.61 Å². The topological polar surface area (TPSA) is 24.5 Å². The van der Waals surface area contributed by atoms with Gasteiger partial charge < -0.3 is 15.0 Å². The molecule has 0 aliphatic heterocycles. The van der Waals surface area contributed by atoms with Gasteiger partial charge in [-0.05, 0) is 47.3 Å². The van der Waals surface area contributed by atoms with Crippen molar-refractivity contribution >= 4 is 0 Å². The van der Waals surface area contributed by atoms with Crippen molar-refractivity contribution in [1.82, 2.24) is 10.2 Å². The minimum atomic E-state index is 0.525. The lowest BCUT2D eigenvalue weighted by Crippen LogP contribution is -2.33. The fourth-order valence-corrected chi connectivity index (χ4v) is 1.54. The van der Waals surface area contributed by atoms with Gasteiger partial charge in [-0.2, -0.15) is 0 Å². The summed E-state index contributed by atoms with van der Waals surface area (Å²) >= 11 is 0. The summed E-state index contributed by atoms with van der Waals surface area (Å²) in [6.45, 7) is 6.43. The van der Waals surface area contributed by atoms with Crippen LogP contribution in [-0.2, 0) is 4.74 Å². The maximum Gasteiger partial charge on any atom is 0.0615 e. The first-order valence-corrected chi connectivity index (χ1v) is 5.98. The molecule has 0 saturated carbocycles. The average molecular weight is 216 g/mol. The first-order chi connectivity index (χ1) is 7.11. The zero-order chi connectivity index (χ0) is 11.7. The molecular weight excluding hydrogens is 188 g/mol. The van der Waals surface area contributed by atoms with Crippen molar-refractivity contribution < 1.29 is 4.74 Å². The summed E-state index contributed by atoms with van der Waals surface area (Å²) in [6, 6.07) is 1.17. The van der Waals surface area contributed by atoms with Gasteiger partial charge in [0.15, 0.2) is 0 Å². The first-order valence-electron chi connectivity index (χ1n) is 5.98. The number of nitrogens with one attached hydrogen (secondary N) is 1. The summed E-state index contributed by atoms with van der Waals surface area (Å²) < 4.78 is 5.14. The van der Waals surface area contributed by atoms with E-state index in [4.69, 9.17) is 4.74 Å². The van der Waals surface area contributed by atoms with Gasteiger partial charge >= 0.3 is 0 Å². The van der Waals surface area contributed by atoms with Crippen molar-refractivity contribution in [2.45, 2.75) is 45.2 Å². The number of methoxy groups -OCH3 is 1. The highest BCUT2D eigenvalue weighted by atomic mass is 16.5. The predicted octanol–water partition coefficient (Wildman–Crippen LogP) is 1.73. The van der Waals surface area contributed by atoms with Crippen LogP contribution in [0.25, 0.3) is 0 Å². The van der Waals surface area contributed by atoms with E-state index in [2.05, 4.69) is 31.1 Å². The van der Waals surface area contributed by atoms with Crippen molar-refractivity contribution in [3.05, 3.63) is 0 Å². The number of likely N-dealkylation sites (N-methyl/N-ethyl adjacent to an activating group) is 1. The lowest BCUT2D eigenvalue weighted by Gasteiger charge is -2.24. The Kier molecular flexibility index (Phi) is 9.06. The Balaban J connectivity index is 3.41. The van der Waals surface area contributed by atoms with E-state index in [0.717, 1.165) is 6.61 Å². The maximum absolute atomic E-state index is 5.14. The third-order valence-electron chi connectivity index (χ3n) is 3.05. The number of unbranched alkanes of at least 4 members (excludes halogenated alkanes) is 1. The van der Waals surface area contributed by atoms with Crippen molar-refractivity contribution in [1.29, 1.82) is 0 Å². The maximum atomic E-state index is 5.14. The highest BCUT2D eigenvalue weighted by Gasteiger charge is 2.07. The van der Waals surface area contributed by atoms with Crippen LogP contribution >= 0.6 is 0 Å². The molecule has 0 amide bonds. The van der Waals surface area contributed by atoms with E-state index in [-0.39, 0.29) is 0 Å². The summed E-state index contributed by atoms with van der Waals surface area (Å²) in [4.78, 5) is 2.37. The van der Waals surface area contributed by atoms with Crippen molar-refractivity contribution in [3.8, 4) is 0 Å². The molecule has 0 aromatic carbocycles. The van der Waals surface area contributed by atoms with Gasteiger partial charge in [-0.3, -0.25) is 0 Å². The molecule has 15 heavy (non-hydrogen) atoms. The van der Waals surface area contributed by atoms with Crippen LogP contribution < -0.4 is 5.32 Å². The van der Waals surface area contributed by atoms with Gasteiger partial charge in [-0.1, -0.05) is 6.42 Å². The Morgan fingerprint density at radius 3 is 2.47 bits per heavy atom. The Bertz CT molecular complexity index is 142. The second-order valence-corrected chi connectivity index (χ2v) is 4.47. The zero-order valence-corrected chi connectivity index (χ0v) is 11.0. The molecule has 0 fully saturated rings. The molecule has 0 rings (SSSR count). The van der Waals surface area contributed by atoms with Crippen molar-refractivity contribution in [2.75, 3.05) is 34.4 Å². The summed E-state index contributed by atoms with van der Waals surface area (Å²) in [7, 11) is 5.96. The second-order valence-electron chi connectivity index (χ2n) is 4.47. The smallest absolute Gasteiger partial charge is 0.0615 e. The van der Waals surface area contributed by atoms with E-state index in [0.29, 0.717) is 12.1 Å². The van der Waals surface area contributed by atoms with E-state index >= 15 is 0 Å². The van der Waals surface area contributed by atoms with E-state index in [1.54, 1.807) is 7.11 Å². The normalized spacial score (nSPS) is 15.6. The van der Waals surface area contributed by atoms with Gasteiger partial charge in [0, 0.05) is 19.2 Å². The molecule has 0 aliphatic carbocycles. The number of nitrogens with zero attached hydrogens (tertiary/aromatic N) is 1. The number of ether oxygens (including phenoxy) is 1. The fraction of sp³-hybridized carbons (Fsp3) is 1.00. The summed E-state index contributed by atoms with van der Waals surface area (Å²) in [6.07, 6.45) is 3.84. The van der Waals surface area contributed by atoms with Crippen LogP contribution in [0, 0.1) is 0 Å². The van der Waals surface area contributed by atoms with Gasteiger partial charge in [0.1, 0.15) is 0 Å². The molecule has 0 heterocycles. The Hall–Kier alpha value is -0.120. The molecule has 92 valence electrons. The largest absolute Gasteiger partial charge is 0.383 e. The van der Waals surface area contributed by atoms with Gasteiger partial charge in [-0.25, -0.2) is 0 Å². The van der Waals surface area contributed by atoms with Crippen molar-refractivity contribution in [2.24, 2.45) is 0 Å². The minimum absolute atomic E-state index is 0.525. The molecule has 0 spiro atoms. The Labute approximate surface area is 95.2 Å². The highest BCUT2D eigenvalue weighted by molar-refractivity contribution is 4.63. The molecule has 2 unspecified atom stereocenters. The number of hydrogen-bond donors (Lipinski definition) is 1. The molecule has 3 heteroatoms. The van der Waals surface area contributed by atoms with Crippen molar-refractivity contribution in [3.63, 3.8) is 0 Å². The summed E-state index contributed by atoms with van der Waals surface area (Å²) in [5, 5.41) is 3.26. The Morgan fingerprint density at radius 2 is 1.93 bits per heavy atom. The Morgan fingerprint density at radius 1 is 1.27 bits per heavy atom. The lowest BCUT2D eigenvalue weighted by molar-refractivity contribution is 0.114. The monoisotopic (exact) mass is 216 g/mol. The quantitative estimate of drug-likeness (QED) is 0.594. The van der Waals surface area contributed by atoms with Crippen LogP contribution in [0.3, 0.4) is 0 Å². The molecule has 0 aromatic heterocycles. The van der Waals surface area contributed by atoms with Gasteiger partial charge in [0.2, 0.25) is 0 Å². The second kappa shape index (κ2) is 9.13. The third kappa shape index (κ3) is 7.77. The number of hydrogen-bond acceptors (Lipinski definition) is 3. The molecule has 0 saturated heterocycles. The third-order valence-corrected chi connectivity index (χ3v) is 3.05.